The van der Waals surface area contributed by atoms with Crippen LogP contribution in [0.2, 0.25) is 0 Å². The lowest BCUT2D eigenvalue weighted by Crippen LogP contribution is -2.43. The van der Waals surface area contributed by atoms with Gasteiger partial charge in [-0.25, -0.2) is 4.79 Å². The highest BCUT2D eigenvalue weighted by Gasteiger charge is 2.23. The van der Waals surface area contributed by atoms with Crippen LogP contribution in [-0.2, 0) is 4.74 Å². The minimum absolute atomic E-state index is 0.00373. The van der Waals surface area contributed by atoms with Gasteiger partial charge in [0.15, 0.2) is 0 Å². The highest BCUT2D eigenvalue weighted by Crippen LogP contribution is 2.23. The molecule has 5 heteroatoms. The van der Waals surface area contributed by atoms with E-state index in [2.05, 4.69) is 12.2 Å². The van der Waals surface area contributed by atoms with Crippen LogP contribution in [0.15, 0.2) is 24.3 Å². The number of nitrogens with zero attached hydrogens (tertiary/aromatic N) is 1. The second-order valence-corrected chi connectivity index (χ2v) is 6.69. The number of hydrogen-bond donors (Lipinski definition) is 1. The van der Waals surface area contributed by atoms with E-state index in [9.17, 15) is 4.79 Å². The molecule has 0 spiro atoms. The molecule has 21 heavy (non-hydrogen) atoms. The number of amides is 2. The third-order valence-corrected chi connectivity index (χ3v) is 5.21. The van der Waals surface area contributed by atoms with Gasteiger partial charge in [-0.05, 0) is 31.0 Å². The molecular weight excluding hydrogens is 284 g/mol. The number of rotatable bonds is 4. The van der Waals surface area contributed by atoms with Crippen molar-refractivity contribution in [3.05, 3.63) is 29.8 Å². The molecule has 1 aromatic carbocycles. The summed E-state index contributed by atoms with van der Waals surface area (Å²) < 4.78 is 5.32. The number of nitrogens with one attached hydrogen (secondary N) is 1. The smallest absolute Gasteiger partial charge is 0.321 e. The largest absolute Gasteiger partial charge is 0.377 e. The molecule has 0 bridgehead atoms. The molecular formula is C16H24N2O2S. The Labute approximate surface area is 131 Å². The number of benzene rings is 1. The van der Waals surface area contributed by atoms with Crippen molar-refractivity contribution in [1.29, 1.82) is 0 Å². The summed E-state index contributed by atoms with van der Waals surface area (Å²) in [7, 11) is 1.69. The zero-order valence-electron chi connectivity index (χ0n) is 13.0. The zero-order valence-corrected chi connectivity index (χ0v) is 13.8. The number of urea groups is 1. The molecule has 1 fully saturated rings. The Hall–Kier alpha value is -1.20. The van der Waals surface area contributed by atoms with Crippen molar-refractivity contribution in [2.75, 3.05) is 31.3 Å². The van der Waals surface area contributed by atoms with Crippen molar-refractivity contribution in [1.82, 2.24) is 4.90 Å². The fourth-order valence-electron chi connectivity index (χ4n) is 2.36. The van der Waals surface area contributed by atoms with Crippen LogP contribution in [-0.4, -0.2) is 42.1 Å². The van der Waals surface area contributed by atoms with E-state index < -0.39 is 0 Å². The van der Waals surface area contributed by atoms with E-state index in [-0.39, 0.29) is 12.1 Å². The molecule has 2 rings (SSSR count). The maximum absolute atomic E-state index is 12.4. The normalized spacial score (nSPS) is 20.1. The molecule has 1 heterocycles. The van der Waals surface area contributed by atoms with Gasteiger partial charge in [-0.2, -0.15) is 11.8 Å². The van der Waals surface area contributed by atoms with Gasteiger partial charge in [-0.3, -0.25) is 0 Å². The number of carbonyl (C=O) groups is 1. The topological polar surface area (TPSA) is 41.6 Å². The van der Waals surface area contributed by atoms with E-state index in [1.807, 2.05) is 47.9 Å². The molecule has 4 nitrogen and oxygen atoms in total. The standard InChI is InChI=1S/C16H24N2O2S/c1-4-15-11-18(8-9-21-15)16(19)17-14-7-5-6-13(10-14)12(2)20-3/h5-7,10,12,15H,4,8-9,11H2,1-3H3,(H,17,19)/t12-,15+/m1/s1. The second kappa shape index (κ2) is 7.71. The number of hydrogen-bond acceptors (Lipinski definition) is 3. The van der Waals surface area contributed by atoms with Crippen LogP contribution in [0.4, 0.5) is 10.5 Å². The molecule has 0 aliphatic carbocycles. The Balaban J connectivity index is 1.99. The van der Waals surface area contributed by atoms with Gasteiger partial charge in [0.05, 0.1) is 6.10 Å². The minimum atomic E-state index is -0.00373. The molecule has 0 radical (unpaired) electrons. The predicted octanol–water partition coefficient (Wildman–Crippen LogP) is 3.75. The van der Waals surface area contributed by atoms with Gasteiger partial charge in [0.1, 0.15) is 0 Å². The Morgan fingerprint density at radius 3 is 3.10 bits per heavy atom. The third-order valence-electron chi connectivity index (χ3n) is 3.84. The molecule has 1 aliphatic heterocycles. The van der Waals surface area contributed by atoms with Gasteiger partial charge in [-0.15, -0.1) is 0 Å². The number of methoxy groups -OCH3 is 1. The van der Waals surface area contributed by atoms with Crippen molar-refractivity contribution < 1.29 is 9.53 Å². The average Bonchev–Trinajstić information content (AvgIpc) is 2.54. The molecule has 1 aliphatic rings. The van der Waals surface area contributed by atoms with E-state index in [0.29, 0.717) is 5.25 Å². The van der Waals surface area contributed by atoms with Gasteiger partial charge in [-0.1, -0.05) is 19.1 Å². The number of thioether (sulfide) groups is 1. The van der Waals surface area contributed by atoms with Crippen LogP contribution in [0.5, 0.6) is 0 Å². The van der Waals surface area contributed by atoms with E-state index in [4.69, 9.17) is 4.74 Å². The highest BCUT2D eigenvalue weighted by atomic mass is 32.2. The van der Waals surface area contributed by atoms with Crippen LogP contribution in [0.25, 0.3) is 0 Å². The first-order chi connectivity index (χ1) is 10.1. The van der Waals surface area contributed by atoms with E-state index in [1.54, 1.807) is 7.11 Å². The van der Waals surface area contributed by atoms with Gasteiger partial charge in [0, 0.05) is 36.9 Å². The summed E-state index contributed by atoms with van der Waals surface area (Å²) in [6.45, 7) is 5.83. The summed E-state index contributed by atoms with van der Waals surface area (Å²) >= 11 is 1.96. The third kappa shape index (κ3) is 4.38. The predicted molar refractivity (Wildman–Crippen MR) is 89.0 cm³/mol. The van der Waals surface area contributed by atoms with Gasteiger partial charge >= 0.3 is 6.03 Å². The van der Waals surface area contributed by atoms with Crippen LogP contribution in [0, 0.1) is 0 Å². The van der Waals surface area contributed by atoms with Crippen molar-refractivity contribution in [2.45, 2.75) is 31.6 Å². The van der Waals surface area contributed by atoms with E-state index in [0.717, 1.165) is 36.5 Å². The Kier molecular flexibility index (Phi) is 5.94. The first kappa shape index (κ1) is 16.2. The van der Waals surface area contributed by atoms with E-state index in [1.165, 1.54) is 0 Å². The van der Waals surface area contributed by atoms with Gasteiger partial charge in [0.2, 0.25) is 0 Å². The molecule has 1 N–H and O–H groups in total. The molecule has 2 amide bonds. The minimum Gasteiger partial charge on any atom is -0.377 e. The number of carbonyl (C=O) groups excluding carboxylic acids is 1. The molecule has 116 valence electrons. The van der Waals surface area contributed by atoms with Crippen molar-refractivity contribution in [3.8, 4) is 0 Å². The Morgan fingerprint density at radius 1 is 1.57 bits per heavy atom. The van der Waals surface area contributed by atoms with Crippen LogP contribution in [0.1, 0.15) is 31.9 Å². The molecule has 0 unspecified atom stereocenters. The number of anilines is 1. The quantitative estimate of drug-likeness (QED) is 0.921. The first-order valence-electron chi connectivity index (χ1n) is 7.44. The molecule has 1 saturated heterocycles. The fourth-order valence-corrected chi connectivity index (χ4v) is 3.54. The summed E-state index contributed by atoms with van der Waals surface area (Å²) in [6.07, 6.45) is 1.13. The maximum atomic E-state index is 12.4. The highest BCUT2D eigenvalue weighted by molar-refractivity contribution is 8.00. The maximum Gasteiger partial charge on any atom is 0.321 e. The summed E-state index contributed by atoms with van der Waals surface area (Å²) in [4.78, 5) is 14.3. The zero-order chi connectivity index (χ0) is 15.2. The van der Waals surface area contributed by atoms with Gasteiger partial charge < -0.3 is 15.0 Å². The van der Waals surface area contributed by atoms with Crippen molar-refractivity contribution in [2.24, 2.45) is 0 Å². The molecule has 1 aromatic rings. The monoisotopic (exact) mass is 308 g/mol. The molecule has 0 aromatic heterocycles. The Bertz CT molecular complexity index is 481. The molecule has 0 saturated carbocycles. The van der Waals surface area contributed by atoms with Crippen LogP contribution < -0.4 is 5.32 Å². The SMILES string of the molecule is CC[C@H]1CN(C(=O)Nc2cccc([C@@H](C)OC)c2)CCS1. The summed E-state index contributed by atoms with van der Waals surface area (Å²) in [5.41, 5.74) is 1.89. The lowest BCUT2D eigenvalue weighted by atomic mass is 10.1. The van der Waals surface area contributed by atoms with Crippen molar-refractivity contribution >= 4 is 23.5 Å². The first-order valence-corrected chi connectivity index (χ1v) is 8.49. The fraction of sp³-hybridized carbons (Fsp3) is 0.562. The Morgan fingerprint density at radius 2 is 2.38 bits per heavy atom. The summed E-state index contributed by atoms with van der Waals surface area (Å²) in [5, 5.41) is 3.56. The summed E-state index contributed by atoms with van der Waals surface area (Å²) in [6, 6.07) is 7.84. The summed E-state index contributed by atoms with van der Waals surface area (Å²) in [5.74, 6) is 1.02. The molecule has 2 atom stereocenters. The van der Waals surface area contributed by atoms with Gasteiger partial charge in [0.25, 0.3) is 0 Å². The second-order valence-electron chi connectivity index (χ2n) is 5.28. The van der Waals surface area contributed by atoms with Crippen molar-refractivity contribution in [3.63, 3.8) is 0 Å². The lowest BCUT2D eigenvalue weighted by Gasteiger charge is -2.32. The van der Waals surface area contributed by atoms with Crippen LogP contribution in [0.3, 0.4) is 0 Å². The average molecular weight is 308 g/mol. The number of ether oxygens (including phenoxy) is 1. The van der Waals surface area contributed by atoms with Crippen LogP contribution >= 0.6 is 11.8 Å². The lowest BCUT2D eigenvalue weighted by molar-refractivity contribution is 0.119. The van der Waals surface area contributed by atoms with E-state index >= 15 is 0 Å².